The number of carbonyl (C=O) groups is 4. The van der Waals surface area contributed by atoms with Gasteiger partial charge in [-0.25, -0.2) is 4.79 Å². The summed E-state index contributed by atoms with van der Waals surface area (Å²) in [5.41, 5.74) is 22.4. The Morgan fingerprint density at radius 3 is 2.19 bits per heavy atom. The van der Waals surface area contributed by atoms with Gasteiger partial charge in [0, 0.05) is 13.0 Å². The Morgan fingerprint density at radius 2 is 1.59 bits per heavy atom. The third kappa shape index (κ3) is 13.1. The zero-order valence-electron chi connectivity index (χ0n) is 20.7. The molecule has 0 bridgehead atoms. The molecule has 0 aliphatic carbocycles. The number of carbonyl (C=O) groups excluding carboxylic acids is 3. The van der Waals surface area contributed by atoms with E-state index in [2.05, 4.69) is 20.9 Å². The van der Waals surface area contributed by atoms with Crippen LogP contribution in [0.2, 0.25) is 0 Å². The quantitative estimate of drug-likeness (QED) is 0.0595. The van der Waals surface area contributed by atoms with E-state index in [9.17, 15) is 29.4 Å². The Kier molecular flexibility index (Phi) is 14.1. The molecule has 206 valence electrons. The van der Waals surface area contributed by atoms with Gasteiger partial charge in [0.25, 0.3) is 0 Å². The number of carboxylic acids is 1. The summed E-state index contributed by atoms with van der Waals surface area (Å²) in [7, 11) is 0. The maximum atomic E-state index is 12.9. The first-order valence-electron chi connectivity index (χ1n) is 11.9. The minimum absolute atomic E-state index is 0.0202. The van der Waals surface area contributed by atoms with Gasteiger partial charge in [-0.15, -0.1) is 0 Å². The van der Waals surface area contributed by atoms with E-state index in [1.165, 1.54) is 24.3 Å². The molecule has 1 aromatic rings. The van der Waals surface area contributed by atoms with E-state index >= 15 is 0 Å². The molecule has 14 nitrogen and oxygen atoms in total. The molecule has 0 aliphatic rings. The minimum atomic E-state index is -1.29. The molecule has 14 heteroatoms. The number of phenols is 1. The molecule has 13 N–H and O–H groups in total. The molecule has 3 atom stereocenters. The number of nitrogens with zero attached hydrogens (tertiary/aromatic N) is 1. The number of unbranched alkanes of at least 4 members (excludes halogenated alkanes) is 1. The van der Waals surface area contributed by atoms with Gasteiger partial charge in [0.15, 0.2) is 5.96 Å². The van der Waals surface area contributed by atoms with E-state index in [1.54, 1.807) is 0 Å². The smallest absolute Gasteiger partial charge is 0.326 e. The summed E-state index contributed by atoms with van der Waals surface area (Å²) < 4.78 is 0. The average molecular weight is 523 g/mol. The first-order valence-corrected chi connectivity index (χ1v) is 11.9. The Labute approximate surface area is 215 Å². The summed E-state index contributed by atoms with van der Waals surface area (Å²) in [6, 6.07) is 2.68. The molecule has 0 aliphatic heterocycles. The van der Waals surface area contributed by atoms with Crippen LogP contribution < -0.4 is 38.9 Å². The van der Waals surface area contributed by atoms with E-state index in [0.717, 1.165) is 6.42 Å². The first-order chi connectivity index (χ1) is 17.5. The van der Waals surface area contributed by atoms with Crippen molar-refractivity contribution in [2.24, 2.45) is 27.9 Å². The standard InChI is InChI=1S/C23H38N8O6/c24-10-2-1-4-16(25)20(34)29-13-19(33)30-17(5-3-11-28-23(26)27)21(35)31-18(22(36)37)12-14-6-8-15(32)9-7-14/h6-9,16-18,32H,1-5,10-13,24-25H2,(H,29,34)(H,30,33)(H,31,35)(H,36,37)(H4,26,27,28). The van der Waals surface area contributed by atoms with Gasteiger partial charge in [-0.2, -0.15) is 0 Å². The molecule has 1 rings (SSSR count). The number of rotatable bonds is 17. The Hall–Kier alpha value is -3.91. The molecule has 37 heavy (non-hydrogen) atoms. The van der Waals surface area contributed by atoms with Crippen molar-refractivity contribution in [1.29, 1.82) is 0 Å². The number of aromatic hydroxyl groups is 1. The summed E-state index contributed by atoms with van der Waals surface area (Å²) >= 11 is 0. The summed E-state index contributed by atoms with van der Waals surface area (Å²) in [4.78, 5) is 53.1. The van der Waals surface area contributed by atoms with Crippen molar-refractivity contribution in [1.82, 2.24) is 16.0 Å². The molecule has 0 saturated heterocycles. The van der Waals surface area contributed by atoms with Crippen molar-refractivity contribution < 1.29 is 29.4 Å². The number of amides is 3. The molecular formula is C23H38N8O6. The van der Waals surface area contributed by atoms with Gasteiger partial charge in [-0.3, -0.25) is 19.4 Å². The number of phenolic OH excluding ortho intramolecular Hbond substituents is 1. The van der Waals surface area contributed by atoms with Crippen LogP contribution in [0.25, 0.3) is 0 Å². The highest BCUT2D eigenvalue weighted by molar-refractivity contribution is 5.92. The van der Waals surface area contributed by atoms with E-state index in [0.29, 0.717) is 31.4 Å². The van der Waals surface area contributed by atoms with Gasteiger partial charge >= 0.3 is 5.97 Å². The van der Waals surface area contributed by atoms with Gasteiger partial charge in [-0.1, -0.05) is 18.6 Å². The van der Waals surface area contributed by atoms with Crippen LogP contribution >= 0.6 is 0 Å². The number of hydrogen-bond acceptors (Lipinski definition) is 8. The lowest BCUT2D eigenvalue weighted by Crippen LogP contribution is -2.54. The van der Waals surface area contributed by atoms with Crippen LogP contribution in [0.3, 0.4) is 0 Å². The van der Waals surface area contributed by atoms with Crippen molar-refractivity contribution in [3.8, 4) is 5.75 Å². The van der Waals surface area contributed by atoms with Crippen LogP contribution in [0.15, 0.2) is 29.3 Å². The second-order valence-electron chi connectivity index (χ2n) is 8.45. The van der Waals surface area contributed by atoms with Crippen molar-refractivity contribution in [3.63, 3.8) is 0 Å². The summed E-state index contributed by atoms with van der Waals surface area (Å²) in [5.74, 6) is -3.28. The average Bonchev–Trinajstić information content (AvgIpc) is 2.84. The van der Waals surface area contributed by atoms with E-state index < -0.39 is 48.4 Å². The lowest BCUT2D eigenvalue weighted by atomic mass is 10.0. The Bertz CT molecular complexity index is 920. The number of nitrogens with one attached hydrogen (secondary N) is 3. The van der Waals surface area contributed by atoms with Crippen LogP contribution in [0.1, 0.15) is 37.7 Å². The number of benzene rings is 1. The predicted molar refractivity (Wildman–Crippen MR) is 137 cm³/mol. The SMILES string of the molecule is NCCCCC(N)C(=O)NCC(=O)NC(CCCN=C(N)N)C(=O)NC(Cc1ccc(O)cc1)C(=O)O. The second kappa shape index (κ2) is 16.7. The monoisotopic (exact) mass is 522 g/mol. The maximum Gasteiger partial charge on any atom is 0.326 e. The molecule has 0 aromatic heterocycles. The van der Waals surface area contributed by atoms with Crippen molar-refractivity contribution in [2.75, 3.05) is 19.6 Å². The number of hydrogen-bond donors (Lipinski definition) is 9. The van der Waals surface area contributed by atoms with Gasteiger partial charge in [0.2, 0.25) is 17.7 Å². The highest BCUT2D eigenvalue weighted by Gasteiger charge is 2.27. The fourth-order valence-electron chi connectivity index (χ4n) is 3.30. The number of carboxylic acid groups (broad SMARTS) is 1. The predicted octanol–water partition coefficient (Wildman–Crippen LogP) is -2.38. The van der Waals surface area contributed by atoms with Crippen LogP contribution in [0, 0.1) is 0 Å². The van der Waals surface area contributed by atoms with Crippen molar-refractivity contribution in [2.45, 2.75) is 56.7 Å². The zero-order chi connectivity index (χ0) is 27.8. The number of aliphatic imine (C=N–C) groups is 1. The third-order valence-electron chi connectivity index (χ3n) is 5.32. The highest BCUT2D eigenvalue weighted by atomic mass is 16.4. The zero-order valence-corrected chi connectivity index (χ0v) is 20.7. The van der Waals surface area contributed by atoms with Crippen LogP contribution in [0.5, 0.6) is 5.75 Å². The molecule has 3 unspecified atom stereocenters. The normalized spacial score (nSPS) is 13.0. The van der Waals surface area contributed by atoms with Gasteiger partial charge < -0.3 is 49.1 Å². The number of aliphatic carboxylic acids is 1. The van der Waals surface area contributed by atoms with Gasteiger partial charge in [-0.05, 0) is 49.9 Å². The fourth-order valence-corrected chi connectivity index (χ4v) is 3.30. The van der Waals surface area contributed by atoms with Crippen LogP contribution in [0.4, 0.5) is 0 Å². The van der Waals surface area contributed by atoms with Gasteiger partial charge in [0.05, 0.1) is 12.6 Å². The fraction of sp³-hybridized carbons (Fsp3) is 0.522. The number of guanidine groups is 1. The molecule has 0 heterocycles. The lowest BCUT2D eigenvalue weighted by molar-refractivity contribution is -0.142. The van der Waals surface area contributed by atoms with Crippen molar-refractivity contribution >= 4 is 29.7 Å². The molecular weight excluding hydrogens is 484 g/mol. The molecule has 0 radical (unpaired) electrons. The summed E-state index contributed by atoms with van der Waals surface area (Å²) in [6.45, 7) is 0.254. The molecule has 1 aromatic carbocycles. The summed E-state index contributed by atoms with van der Waals surface area (Å²) in [6.07, 6.45) is 2.18. The van der Waals surface area contributed by atoms with E-state index in [1.807, 2.05) is 0 Å². The van der Waals surface area contributed by atoms with Crippen LogP contribution in [-0.4, -0.2) is 77.6 Å². The Morgan fingerprint density at radius 1 is 0.919 bits per heavy atom. The largest absolute Gasteiger partial charge is 0.508 e. The second-order valence-corrected chi connectivity index (χ2v) is 8.45. The highest BCUT2D eigenvalue weighted by Crippen LogP contribution is 2.12. The lowest BCUT2D eigenvalue weighted by Gasteiger charge is -2.22. The van der Waals surface area contributed by atoms with Crippen molar-refractivity contribution in [3.05, 3.63) is 29.8 Å². The molecule has 0 spiro atoms. The minimum Gasteiger partial charge on any atom is -0.508 e. The van der Waals surface area contributed by atoms with E-state index in [-0.39, 0.29) is 31.1 Å². The first kappa shape index (κ1) is 31.1. The maximum absolute atomic E-state index is 12.9. The molecule has 0 fully saturated rings. The van der Waals surface area contributed by atoms with Gasteiger partial charge in [0.1, 0.15) is 17.8 Å². The Balaban J connectivity index is 2.79. The summed E-state index contributed by atoms with van der Waals surface area (Å²) in [5, 5.41) is 26.4. The molecule has 0 saturated carbocycles. The number of nitrogens with two attached hydrogens (primary N) is 4. The third-order valence-corrected chi connectivity index (χ3v) is 5.32. The van der Waals surface area contributed by atoms with E-state index in [4.69, 9.17) is 22.9 Å². The molecule has 3 amide bonds. The topological polar surface area (TPSA) is 261 Å². The van der Waals surface area contributed by atoms with Crippen LogP contribution in [-0.2, 0) is 25.6 Å².